The SMILES string of the molecule is NCc1cc(Br)c(C(F)F)c(=O)[nH]1. The lowest BCUT2D eigenvalue weighted by atomic mass is 10.2. The first-order chi connectivity index (χ1) is 6.06. The third-order valence-corrected chi connectivity index (χ3v) is 2.17. The highest BCUT2D eigenvalue weighted by Crippen LogP contribution is 2.23. The lowest BCUT2D eigenvalue weighted by molar-refractivity contribution is 0.148. The largest absolute Gasteiger partial charge is 0.325 e. The molecule has 1 rings (SSSR count). The molecule has 0 fully saturated rings. The summed E-state index contributed by atoms with van der Waals surface area (Å²) in [5.74, 6) is 0. The van der Waals surface area contributed by atoms with E-state index in [1.807, 2.05) is 0 Å². The van der Waals surface area contributed by atoms with Crippen LogP contribution in [-0.4, -0.2) is 4.98 Å². The van der Waals surface area contributed by atoms with Crippen molar-refractivity contribution in [2.45, 2.75) is 13.0 Å². The molecule has 0 saturated carbocycles. The van der Waals surface area contributed by atoms with Gasteiger partial charge in [0.15, 0.2) is 0 Å². The lowest BCUT2D eigenvalue weighted by Crippen LogP contribution is -2.17. The maximum atomic E-state index is 12.2. The number of rotatable bonds is 2. The van der Waals surface area contributed by atoms with Crippen LogP contribution in [0.1, 0.15) is 17.7 Å². The van der Waals surface area contributed by atoms with Crippen molar-refractivity contribution in [2.75, 3.05) is 0 Å². The van der Waals surface area contributed by atoms with Gasteiger partial charge in [0.25, 0.3) is 12.0 Å². The van der Waals surface area contributed by atoms with Gasteiger partial charge in [-0.25, -0.2) is 8.78 Å². The number of aromatic amines is 1. The minimum Gasteiger partial charge on any atom is -0.325 e. The van der Waals surface area contributed by atoms with Gasteiger partial charge in [-0.15, -0.1) is 0 Å². The van der Waals surface area contributed by atoms with E-state index in [9.17, 15) is 13.6 Å². The van der Waals surface area contributed by atoms with Gasteiger partial charge in [0, 0.05) is 16.7 Å². The zero-order chi connectivity index (χ0) is 10.0. The zero-order valence-electron chi connectivity index (χ0n) is 6.48. The molecule has 1 aromatic rings. The summed E-state index contributed by atoms with van der Waals surface area (Å²) in [7, 11) is 0. The minimum absolute atomic E-state index is 0.0895. The molecule has 72 valence electrons. The summed E-state index contributed by atoms with van der Waals surface area (Å²) in [5, 5.41) is 0. The molecule has 3 nitrogen and oxygen atoms in total. The molecule has 13 heavy (non-hydrogen) atoms. The first-order valence-electron chi connectivity index (χ1n) is 3.46. The fraction of sp³-hybridized carbons (Fsp3) is 0.286. The van der Waals surface area contributed by atoms with E-state index < -0.39 is 17.5 Å². The van der Waals surface area contributed by atoms with E-state index in [1.54, 1.807) is 0 Å². The molecule has 1 aromatic heterocycles. The van der Waals surface area contributed by atoms with E-state index in [1.165, 1.54) is 6.07 Å². The number of hydrogen-bond acceptors (Lipinski definition) is 2. The van der Waals surface area contributed by atoms with Crippen molar-refractivity contribution >= 4 is 15.9 Å². The molecule has 0 amide bonds. The van der Waals surface area contributed by atoms with E-state index in [-0.39, 0.29) is 11.0 Å². The first kappa shape index (κ1) is 10.3. The van der Waals surface area contributed by atoms with Gasteiger partial charge in [0.1, 0.15) is 0 Å². The average Bonchev–Trinajstić information content (AvgIpc) is 2.02. The van der Waals surface area contributed by atoms with E-state index in [4.69, 9.17) is 5.73 Å². The van der Waals surface area contributed by atoms with Gasteiger partial charge in [-0.05, 0) is 6.07 Å². The van der Waals surface area contributed by atoms with Crippen LogP contribution in [0.25, 0.3) is 0 Å². The predicted molar refractivity (Wildman–Crippen MR) is 47.6 cm³/mol. The maximum absolute atomic E-state index is 12.2. The summed E-state index contributed by atoms with van der Waals surface area (Å²) >= 11 is 2.88. The molecule has 0 aliphatic carbocycles. The number of aromatic nitrogens is 1. The van der Waals surface area contributed by atoms with Crippen LogP contribution in [0.3, 0.4) is 0 Å². The number of nitrogens with one attached hydrogen (secondary N) is 1. The van der Waals surface area contributed by atoms with Gasteiger partial charge in [-0.1, -0.05) is 15.9 Å². The standard InChI is InChI=1S/C7H7BrF2N2O/c8-4-1-3(2-11)12-7(13)5(4)6(9)10/h1,6H,2,11H2,(H,12,13). The fourth-order valence-corrected chi connectivity index (χ4v) is 1.53. The van der Waals surface area contributed by atoms with Crippen molar-refractivity contribution in [2.24, 2.45) is 5.73 Å². The Kier molecular flexibility index (Phi) is 3.16. The third-order valence-electron chi connectivity index (χ3n) is 1.52. The van der Waals surface area contributed by atoms with Crippen LogP contribution < -0.4 is 11.3 Å². The van der Waals surface area contributed by atoms with Crippen LogP contribution in [0, 0.1) is 0 Å². The van der Waals surface area contributed by atoms with Gasteiger partial charge in [-0.3, -0.25) is 4.79 Å². The molecule has 6 heteroatoms. The molecule has 0 spiro atoms. The van der Waals surface area contributed by atoms with Crippen molar-refractivity contribution in [3.8, 4) is 0 Å². The number of hydrogen-bond donors (Lipinski definition) is 2. The van der Waals surface area contributed by atoms with Crippen molar-refractivity contribution in [1.82, 2.24) is 4.98 Å². The smallest absolute Gasteiger partial charge is 0.270 e. The summed E-state index contributed by atoms with van der Waals surface area (Å²) in [6.07, 6.45) is -2.79. The zero-order valence-corrected chi connectivity index (χ0v) is 8.07. The second-order valence-electron chi connectivity index (χ2n) is 2.39. The molecule has 0 aliphatic heterocycles. The van der Waals surface area contributed by atoms with Crippen molar-refractivity contribution in [1.29, 1.82) is 0 Å². The Labute approximate surface area is 81.1 Å². The second kappa shape index (κ2) is 3.97. The Bertz CT molecular complexity index is 364. The summed E-state index contributed by atoms with van der Waals surface area (Å²) in [5.41, 5.74) is 4.29. The van der Waals surface area contributed by atoms with Crippen LogP contribution in [-0.2, 0) is 6.54 Å². The topological polar surface area (TPSA) is 58.9 Å². The van der Waals surface area contributed by atoms with Gasteiger partial charge < -0.3 is 10.7 Å². The predicted octanol–water partition coefficient (Wildman–Crippen LogP) is 1.53. The Morgan fingerprint density at radius 2 is 2.23 bits per heavy atom. The van der Waals surface area contributed by atoms with Gasteiger partial charge in [0.2, 0.25) is 0 Å². The first-order valence-corrected chi connectivity index (χ1v) is 4.25. The van der Waals surface area contributed by atoms with Gasteiger partial charge in [0.05, 0.1) is 5.56 Å². The van der Waals surface area contributed by atoms with Crippen molar-refractivity contribution in [3.05, 3.63) is 32.2 Å². The molecule has 0 bridgehead atoms. The Morgan fingerprint density at radius 3 is 2.62 bits per heavy atom. The van der Waals surface area contributed by atoms with Crippen LogP contribution in [0.5, 0.6) is 0 Å². The van der Waals surface area contributed by atoms with Crippen LogP contribution in [0.2, 0.25) is 0 Å². The second-order valence-corrected chi connectivity index (χ2v) is 3.24. The Hall–Kier alpha value is -0.750. The lowest BCUT2D eigenvalue weighted by Gasteiger charge is -2.03. The minimum atomic E-state index is -2.79. The normalized spacial score (nSPS) is 10.8. The van der Waals surface area contributed by atoms with Gasteiger partial charge >= 0.3 is 0 Å². The quantitative estimate of drug-likeness (QED) is 0.839. The number of H-pyrrole nitrogens is 1. The number of pyridine rings is 1. The molecule has 0 unspecified atom stereocenters. The fourth-order valence-electron chi connectivity index (χ4n) is 0.902. The Morgan fingerprint density at radius 1 is 1.62 bits per heavy atom. The summed E-state index contributed by atoms with van der Waals surface area (Å²) < 4.78 is 24.6. The van der Waals surface area contributed by atoms with Crippen LogP contribution >= 0.6 is 15.9 Å². The summed E-state index contributed by atoms with van der Waals surface area (Å²) in [6, 6.07) is 1.38. The van der Waals surface area contributed by atoms with E-state index >= 15 is 0 Å². The van der Waals surface area contributed by atoms with Crippen molar-refractivity contribution < 1.29 is 8.78 Å². The maximum Gasteiger partial charge on any atom is 0.270 e. The number of halogens is 3. The highest BCUT2D eigenvalue weighted by Gasteiger charge is 2.16. The average molecular weight is 253 g/mol. The highest BCUT2D eigenvalue weighted by atomic mass is 79.9. The molecule has 0 aromatic carbocycles. The van der Waals surface area contributed by atoms with E-state index in [0.717, 1.165) is 0 Å². The Balaban J connectivity index is 3.32. The molecule has 0 saturated heterocycles. The van der Waals surface area contributed by atoms with Crippen LogP contribution in [0.4, 0.5) is 8.78 Å². The molecule has 3 N–H and O–H groups in total. The van der Waals surface area contributed by atoms with E-state index in [0.29, 0.717) is 5.69 Å². The van der Waals surface area contributed by atoms with Gasteiger partial charge in [-0.2, -0.15) is 0 Å². The molecule has 0 aliphatic rings. The third kappa shape index (κ3) is 2.13. The molecule has 0 radical (unpaired) electrons. The molecular weight excluding hydrogens is 246 g/mol. The van der Waals surface area contributed by atoms with E-state index in [2.05, 4.69) is 20.9 Å². The number of nitrogens with two attached hydrogens (primary N) is 1. The molecule has 0 atom stereocenters. The summed E-state index contributed by atoms with van der Waals surface area (Å²) in [4.78, 5) is 13.3. The van der Waals surface area contributed by atoms with Crippen LogP contribution in [0.15, 0.2) is 15.3 Å². The number of alkyl halides is 2. The van der Waals surface area contributed by atoms with Crippen molar-refractivity contribution in [3.63, 3.8) is 0 Å². The monoisotopic (exact) mass is 252 g/mol. The summed E-state index contributed by atoms with van der Waals surface area (Å²) in [6.45, 7) is 0.108. The highest BCUT2D eigenvalue weighted by molar-refractivity contribution is 9.10. The molecule has 1 heterocycles. The molecular formula is C7H7BrF2N2O.